The number of sulfonamides is 1. The Labute approximate surface area is 184 Å². The molecule has 1 atom stereocenters. The molecule has 4 rings (SSSR count). The summed E-state index contributed by atoms with van der Waals surface area (Å²) in [5, 5.41) is 5.59. The maximum atomic E-state index is 13.1. The second-order valence-corrected chi connectivity index (χ2v) is 10.2. The average molecular weight is 462 g/mol. The lowest BCUT2D eigenvalue weighted by Gasteiger charge is -2.33. The first-order valence-corrected chi connectivity index (χ1v) is 12.2. The number of benzene rings is 2. The number of halogens is 1. The lowest BCUT2D eigenvalue weighted by molar-refractivity contribution is -0.120. The lowest BCUT2D eigenvalue weighted by Crippen LogP contribution is -2.49. The number of anilines is 1. The Balaban J connectivity index is 1.53. The average Bonchev–Trinajstić information content (AvgIpc) is 3.23. The van der Waals surface area contributed by atoms with Gasteiger partial charge < -0.3 is 5.32 Å². The molecule has 2 heterocycles. The number of carbonyl (C=O) groups is 1. The van der Waals surface area contributed by atoms with Gasteiger partial charge in [-0.15, -0.1) is 11.3 Å². The predicted molar refractivity (Wildman–Crippen MR) is 119 cm³/mol. The molecule has 2 aromatic carbocycles. The van der Waals surface area contributed by atoms with Gasteiger partial charge in [0, 0.05) is 22.5 Å². The van der Waals surface area contributed by atoms with Crippen molar-refractivity contribution in [3.63, 3.8) is 0 Å². The first-order valence-electron chi connectivity index (χ1n) is 9.54. The second kappa shape index (κ2) is 8.85. The third kappa shape index (κ3) is 4.41. The number of aromatic nitrogens is 1. The zero-order chi connectivity index (χ0) is 21.1. The summed E-state index contributed by atoms with van der Waals surface area (Å²) in [5.74, 6) is -0.360. The fraction of sp³-hybridized carbons (Fsp3) is 0.238. The number of nitrogens with one attached hydrogen (secondary N) is 1. The Morgan fingerprint density at radius 3 is 2.57 bits per heavy atom. The summed E-state index contributed by atoms with van der Waals surface area (Å²) in [4.78, 5) is 17.6. The van der Waals surface area contributed by atoms with Crippen molar-refractivity contribution in [2.45, 2.75) is 30.2 Å². The van der Waals surface area contributed by atoms with Gasteiger partial charge in [0.2, 0.25) is 15.9 Å². The van der Waals surface area contributed by atoms with E-state index in [0.29, 0.717) is 29.5 Å². The number of amides is 1. The van der Waals surface area contributed by atoms with Crippen LogP contribution in [-0.4, -0.2) is 36.2 Å². The molecule has 3 aromatic rings. The molecule has 1 amide bonds. The smallest absolute Gasteiger partial charge is 0.244 e. The van der Waals surface area contributed by atoms with Crippen LogP contribution in [0.25, 0.3) is 11.3 Å². The van der Waals surface area contributed by atoms with Crippen molar-refractivity contribution in [2.75, 3.05) is 11.9 Å². The lowest BCUT2D eigenvalue weighted by atomic mass is 10.0. The van der Waals surface area contributed by atoms with Gasteiger partial charge in [0.15, 0.2) is 5.13 Å². The van der Waals surface area contributed by atoms with Crippen molar-refractivity contribution in [3.8, 4) is 11.3 Å². The van der Waals surface area contributed by atoms with E-state index in [2.05, 4.69) is 10.3 Å². The SMILES string of the molecule is O=C(Nc1nc(-c2ccccc2)cs1)[C@@H]1CCCCN1S(=O)(=O)c1ccc(Cl)cc1. The molecule has 0 radical (unpaired) electrons. The van der Waals surface area contributed by atoms with E-state index in [1.807, 2.05) is 35.7 Å². The number of rotatable bonds is 5. The minimum absolute atomic E-state index is 0.132. The first-order chi connectivity index (χ1) is 14.4. The Morgan fingerprint density at radius 1 is 1.10 bits per heavy atom. The molecular weight excluding hydrogens is 442 g/mol. The summed E-state index contributed by atoms with van der Waals surface area (Å²) in [5.41, 5.74) is 1.73. The van der Waals surface area contributed by atoms with Crippen LogP contribution in [0.3, 0.4) is 0 Å². The standard InChI is InChI=1S/C21H20ClN3O3S2/c22-16-9-11-17(12-10-16)30(27,28)25-13-5-4-8-19(25)20(26)24-21-23-18(14-29-21)15-6-2-1-3-7-15/h1-3,6-7,9-12,14,19H,4-5,8,13H2,(H,23,24,26)/t19-/m0/s1. The number of hydrogen-bond acceptors (Lipinski definition) is 5. The van der Waals surface area contributed by atoms with Gasteiger partial charge in [0.05, 0.1) is 10.6 Å². The Morgan fingerprint density at radius 2 is 1.83 bits per heavy atom. The molecule has 30 heavy (non-hydrogen) atoms. The topological polar surface area (TPSA) is 79.4 Å². The van der Waals surface area contributed by atoms with Crippen LogP contribution < -0.4 is 5.32 Å². The van der Waals surface area contributed by atoms with Crippen LogP contribution in [0, 0.1) is 0 Å². The number of hydrogen-bond donors (Lipinski definition) is 1. The Hall–Kier alpha value is -2.26. The van der Waals surface area contributed by atoms with E-state index in [4.69, 9.17) is 11.6 Å². The van der Waals surface area contributed by atoms with Crippen LogP contribution >= 0.6 is 22.9 Å². The van der Waals surface area contributed by atoms with Crippen LogP contribution in [0.15, 0.2) is 64.9 Å². The van der Waals surface area contributed by atoms with E-state index < -0.39 is 16.1 Å². The highest BCUT2D eigenvalue weighted by Gasteiger charge is 2.37. The number of thiazole rings is 1. The van der Waals surface area contributed by atoms with Gasteiger partial charge in [-0.05, 0) is 37.1 Å². The normalized spacial score (nSPS) is 17.6. The highest BCUT2D eigenvalue weighted by molar-refractivity contribution is 7.89. The van der Waals surface area contributed by atoms with Crippen molar-refractivity contribution in [2.24, 2.45) is 0 Å². The monoisotopic (exact) mass is 461 g/mol. The molecule has 1 saturated heterocycles. The number of nitrogens with zero attached hydrogens (tertiary/aromatic N) is 2. The molecule has 1 N–H and O–H groups in total. The molecule has 1 aliphatic heterocycles. The third-order valence-electron chi connectivity index (χ3n) is 4.98. The second-order valence-electron chi connectivity index (χ2n) is 6.97. The minimum Gasteiger partial charge on any atom is -0.301 e. The van der Waals surface area contributed by atoms with Crippen LogP contribution in [0.2, 0.25) is 5.02 Å². The first kappa shape index (κ1) is 21.0. The summed E-state index contributed by atoms with van der Waals surface area (Å²) in [7, 11) is -3.81. The van der Waals surface area contributed by atoms with E-state index in [0.717, 1.165) is 17.7 Å². The molecule has 0 saturated carbocycles. The largest absolute Gasteiger partial charge is 0.301 e. The molecule has 0 aliphatic carbocycles. The molecule has 156 valence electrons. The van der Waals surface area contributed by atoms with E-state index in [1.54, 1.807) is 0 Å². The molecule has 0 spiro atoms. The zero-order valence-corrected chi connectivity index (χ0v) is 18.4. The summed E-state index contributed by atoms with van der Waals surface area (Å²) < 4.78 is 27.6. The van der Waals surface area contributed by atoms with E-state index in [9.17, 15) is 13.2 Å². The minimum atomic E-state index is -3.81. The van der Waals surface area contributed by atoms with Gasteiger partial charge in [-0.3, -0.25) is 4.79 Å². The summed E-state index contributed by atoms with van der Waals surface area (Å²) in [6.07, 6.45) is 1.97. The summed E-state index contributed by atoms with van der Waals surface area (Å²) in [6, 6.07) is 14.9. The van der Waals surface area contributed by atoms with Crippen molar-refractivity contribution < 1.29 is 13.2 Å². The predicted octanol–water partition coefficient (Wildman–Crippen LogP) is 4.65. The van der Waals surface area contributed by atoms with Crippen LogP contribution in [-0.2, 0) is 14.8 Å². The number of piperidine rings is 1. The maximum Gasteiger partial charge on any atom is 0.244 e. The Bertz CT molecular complexity index is 1130. The molecule has 0 unspecified atom stereocenters. The van der Waals surface area contributed by atoms with E-state index in [1.165, 1.54) is 39.9 Å². The summed E-state index contributed by atoms with van der Waals surface area (Å²) in [6.45, 7) is 0.302. The Kier molecular flexibility index (Phi) is 6.19. The highest BCUT2D eigenvalue weighted by Crippen LogP contribution is 2.29. The maximum absolute atomic E-state index is 13.1. The van der Waals surface area contributed by atoms with E-state index >= 15 is 0 Å². The number of carbonyl (C=O) groups excluding carboxylic acids is 1. The molecule has 1 aromatic heterocycles. The van der Waals surface area contributed by atoms with Gasteiger partial charge in [-0.25, -0.2) is 13.4 Å². The van der Waals surface area contributed by atoms with Gasteiger partial charge >= 0.3 is 0 Å². The van der Waals surface area contributed by atoms with Crippen molar-refractivity contribution in [1.82, 2.24) is 9.29 Å². The van der Waals surface area contributed by atoms with E-state index in [-0.39, 0.29) is 10.8 Å². The molecule has 0 bridgehead atoms. The van der Waals surface area contributed by atoms with Gasteiger partial charge in [0.1, 0.15) is 6.04 Å². The third-order valence-corrected chi connectivity index (χ3v) is 7.91. The van der Waals surface area contributed by atoms with Crippen molar-refractivity contribution >= 4 is 44.0 Å². The fourth-order valence-corrected chi connectivity index (χ4v) is 5.96. The van der Waals surface area contributed by atoms with Gasteiger partial charge in [0.25, 0.3) is 0 Å². The summed E-state index contributed by atoms with van der Waals surface area (Å²) >= 11 is 7.20. The highest BCUT2D eigenvalue weighted by atomic mass is 35.5. The van der Waals surface area contributed by atoms with Gasteiger partial charge in [-0.1, -0.05) is 48.4 Å². The van der Waals surface area contributed by atoms with Gasteiger partial charge in [-0.2, -0.15) is 4.31 Å². The molecule has 6 nitrogen and oxygen atoms in total. The molecule has 9 heteroatoms. The van der Waals surface area contributed by atoms with Crippen molar-refractivity contribution in [3.05, 3.63) is 65.0 Å². The van der Waals surface area contributed by atoms with Crippen LogP contribution in [0.5, 0.6) is 0 Å². The van der Waals surface area contributed by atoms with Crippen LogP contribution in [0.4, 0.5) is 5.13 Å². The molecular formula is C21H20ClN3O3S2. The fourth-order valence-electron chi connectivity index (χ4n) is 3.46. The molecule has 1 fully saturated rings. The molecule has 1 aliphatic rings. The van der Waals surface area contributed by atoms with Crippen molar-refractivity contribution in [1.29, 1.82) is 0 Å². The zero-order valence-electron chi connectivity index (χ0n) is 16.0. The quantitative estimate of drug-likeness (QED) is 0.600. The van der Waals surface area contributed by atoms with Crippen LogP contribution in [0.1, 0.15) is 19.3 Å².